The van der Waals surface area contributed by atoms with E-state index in [1.807, 2.05) is 0 Å². The van der Waals surface area contributed by atoms with Gasteiger partial charge in [-0.1, -0.05) is 11.6 Å². The molecule has 0 aliphatic heterocycles. The molecular weight excluding hydrogens is 527 g/mol. The average Bonchev–Trinajstić information content (AvgIpc) is 2.87. The Morgan fingerprint density at radius 3 is 2.62 bits per heavy atom. The number of halogens is 2. The van der Waals surface area contributed by atoms with Crippen LogP contribution < -0.4 is 21.3 Å². The molecule has 1 saturated carbocycles. The maximum Gasteiger partial charge on any atom is 0.252 e. The highest BCUT2D eigenvalue weighted by Crippen LogP contribution is 2.34. The SMILES string of the molecule is COc1cn(C(CCOC2CCC2)C(=O)Nc2ccc(C(N)=O)c(F)c2)c(=O)cc1-c1cc(Cl)ccc1C#N. The fraction of sp³-hybridized carbons (Fsp3) is 0.286. The molecule has 4 rings (SSSR count). The van der Waals surface area contributed by atoms with Crippen LogP contribution in [0.5, 0.6) is 5.75 Å². The minimum absolute atomic E-state index is 0.0848. The molecule has 0 spiro atoms. The van der Waals surface area contributed by atoms with Crippen molar-refractivity contribution in [2.75, 3.05) is 19.0 Å². The van der Waals surface area contributed by atoms with E-state index in [4.69, 9.17) is 26.8 Å². The molecular formula is C28H26ClFN4O5. The van der Waals surface area contributed by atoms with Crippen LogP contribution in [0.4, 0.5) is 10.1 Å². The lowest BCUT2D eigenvalue weighted by Gasteiger charge is -2.27. The molecule has 11 heteroatoms. The van der Waals surface area contributed by atoms with E-state index in [0.29, 0.717) is 21.7 Å². The predicted octanol–water partition coefficient (Wildman–Crippen LogP) is 4.43. The monoisotopic (exact) mass is 552 g/mol. The lowest BCUT2D eigenvalue weighted by molar-refractivity contribution is -0.120. The highest BCUT2D eigenvalue weighted by Gasteiger charge is 2.26. The van der Waals surface area contributed by atoms with E-state index in [0.717, 1.165) is 25.3 Å². The molecule has 0 bridgehead atoms. The topological polar surface area (TPSA) is 136 Å². The predicted molar refractivity (Wildman–Crippen MR) is 143 cm³/mol. The number of benzene rings is 2. The number of nitrogens with two attached hydrogens (primary N) is 1. The molecule has 39 heavy (non-hydrogen) atoms. The summed E-state index contributed by atoms with van der Waals surface area (Å²) >= 11 is 6.14. The number of nitrogens with one attached hydrogen (secondary N) is 1. The van der Waals surface area contributed by atoms with Crippen molar-refractivity contribution in [1.82, 2.24) is 4.57 Å². The quantitative estimate of drug-likeness (QED) is 0.382. The van der Waals surface area contributed by atoms with E-state index in [9.17, 15) is 24.0 Å². The third kappa shape index (κ3) is 6.28. The maximum atomic E-state index is 14.3. The van der Waals surface area contributed by atoms with Gasteiger partial charge in [0, 0.05) is 40.9 Å². The van der Waals surface area contributed by atoms with Gasteiger partial charge in [-0.25, -0.2) is 4.39 Å². The average molecular weight is 553 g/mol. The zero-order chi connectivity index (χ0) is 28.1. The molecule has 1 aliphatic carbocycles. The normalized spacial score (nSPS) is 13.7. The number of aromatic nitrogens is 1. The summed E-state index contributed by atoms with van der Waals surface area (Å²) in [6.45, 7) is 0.209. The highest BCUT2D eigenvalue weighted by atomic mass is 35.5. The molecule has 3 aromatic rings. The van der Waals surface area contributed by atoms with Crippen molar-refractivity contribution < 1.29 is 23.5 Å². The van der Waals surface area contributed by atoms with Crippen molar-refractivity contribution in [2.45, 2.75) is 37.8 Å². The fourth-order valence-electron chi connectivity index (χ4n) is 4.28. The van der Waals surface area contributed by atoms with Crippen LogP contribution in [0, 0.1) is 17.1 Å². The Morgan fingerprint density at radius 1 is 1.23 bits per heavy atom. The van der Waals surface area contributed by atoms with Crippen LogP contribution in [0.15, 0.2) is 53.5 Å². The van der Waals surface area contributed by atoms with Gasteiger partial charge in [0.25, 0.3) is 11.5 Å². The largest absolute Gasteiger partial charge is 0.495 e. The van der Waals surface area contributed by atoms with Gasteiger partial charge in [-0.15, -0.1) is 0 Å². The van der Waals surface area contributed by atoms with E-state index < -0.39 is 29.2 Å². The number of hydrogen-bond donors (Lipinski definition) is 2. The van der Waals surface area contributed by atoms with E-state index >= 15 is 0 Å². The summed E-state index contributed by atoms with van der Waals surface area (Å²) in [5.41, 5.74) is 5.43. The van der Waals surface area contributed by atoms with Crippen LogP contribution in [-0.4, -0.2) is 36.2 Å². The summed E-state index contributed by atoms with van der Waals surface area (Å²) in [6, 6.07) is 10.5. The number of nitrogens with zero attached hydrogens (tertiary/aromatic N) is 2. The highest BCUT2D eigenvalue weighted by molar-refractivity contribution is 6.31. The van der Waals surface area contributed by atoms with Gasteiger partial charge < -0.3 is 20.5 Å². The van der Waals surface area contributed by atoms with Crippen molar-refractivity contribution >= 4 is 29.1 Å². The van der Waals surface area contributed by atoms with Gasteiger partial charge in [-0.3, -0.25) is 19.0 Å². The standard InChI is InChI=1S/C28H26ClFN4O5/c1-38-25-15-34(26(35)13-22(25)21-11-17(29)6-5-16(21)14-31)24(9-10-39-19-3-2-4-19)28(37)33-18-7-8-20(27(32)36)23(30)12-18/h5-8,11-13,15,19,24H,2-4,9-10H2,1H3,(H2,32,36)(H,33,37). The van der Waals surface area contributed by atoms with Crippen molar-refractivity contribution in [3.63, 3.8) is 0 Å². The lowest BCUT2D eigenvalue weighted by atomic mass is 9.96. The third-order valence-electron chi connectivity index (χ3n) is 6.59. The molecule has 2 amide bonds. The summed E-state index contributed by atoms with van der Waals surface area (Å²) in [7, 11) is 1.40. The summed E-state index contributed by atoms with van der Waals surface area (Å²) in [6.07, 6.45) is 4.60. The van der Waals surface area contributed by atoms with Crippen LogP contribution >= 0.6 is 11.6 Å². The Kier molecular flexibility index (Phi) is 8.64. The molecule has 1 heterocycles. The lowest BCUT2D eigenvalue weighted by Crippen LogP contribution is -2.34. The number of nitriles is 1. The van der Waals surface area contributed by atoms with Crippen molar-refractivity contribution in [1.29, 1.82) is 5.26 Å². The van der Waals surface area contributed by atoms with Crippen molar-refractivity contribution in [3.8, 4) is 22.9 Å². The zero-order valence-corrected chi connectivity index (χ0v) is 21.8. The van der Waals surface area contributed by atoms with Crippen molar-refractivity contribution in [2.24, 2.45) is 5.73 Å². The number of anilines is 1. The van der Waals surface area contributed by atoms with Gasteiger partial charge in [0.05, 0.1) is 36.6 Å². The maximum absolute atomic E-state index is 14.3. The first-order valence-corrected chi connectivity index (χ1v) is 12.6. The van der Waals surface area contributed by atoms with E-state index in [2.05, 4.69) is 11.4 Å². The number of pyridine rings is 1. The van der Waals surface area contributed by atoms with Crippen LogP contribution in [-0.2, 0) is 9.53 Å². The molecule has 0 saturated heterocycles. The van der Waals surface area contributed by atoms with E-state index in [1.165, 1.54) is 36.1 Å². The smallest absolute Gasteiger partial charge is 0.252 e. The number of amides is 2. The Morgan fingerprint density at radius 2 is 2.00 bits per heavy atom. The van der Waals surface area contributed by atoms with Gasteiger partial charge in [-0.05, 0) is 55.7 Å². The molecule has 0 radical (unpaired) electrons. The first kappa shape index (κ1) is 27.8. The van der Waals surface area contributed by atoms with E-state index in [1.54, 1.807) is 18.2 Å². The van der Waals surface area contributed by atoms with Gasteiger partial charge in [0.1, 0.15) is 17.6 Å². The molecule has 1 aromatic heterocycles. The number of ether oxygens (including phenoxy) is 2. The second-order valence-electron chi connectivity index (χ2n) is 9.08. The van der Waals surface area contributed by atoms with Crippen LogP contribution in [0.1, 0.15) is 47.6 Å². The fourth-order valence-corrected chi connectivity index (χ4v) is 4.45. The number of methoxy groups -OCH3 is 1. The Balaban J connectivity index is 1.70. The van der Waals surface area contributed by atoms with Crippen LogP contribution in [0.2, 0.25) is 5.02 Å². The second-order valence-corrected chi connectivity index (χ2v) is 9.52. The minimum atomic E-state index is -1.05. The van der Waals surface area contributed by atoms with E-state index in [-0.39, 0.29) is 36.1 Å². The number of carbonyl (C=O) groups is 2. The second kappa shape index (κ2) is 12.1. The molecule has 9 nitrogen and oxygen atoms in total. The number of carbonyl (C=O) groups excluding carboxylic acids is 2. The van der Waals surface area contributed by atoms with Crippen molar-refractivity contribution in [3.05, 3.63) is 81.0 Å². The number of hydrogen-bond acceptors (Lipinski definition) is 6. The van der Waals surface area contributed by atoms with Crippen LogP contribution in [0.25, 0.3) is 11.1 Å². The molecule has 1 fully saturated rings. The molecule has 2 aromatic carbocycles. The molecule has 1 aliphatic rings. The number of primary amides is 1. The first-order chi connectivity index (χ1) is 18.7. The number of rotatable bonds is 10. The third-order valence-corrected chi connectivity index (χ3v) is 6.83. The summed E-state index contributed by atoms with van der Waals surface area (Å²) in [4.78, 5) is 38.1. The molecule has 1 unspecified atom stereocenters. The summed E-state index contributed by atoms with van der Waals surface area (Å²) in [5.74, 6) is -2.18. The zero-order valence-electron chi connectivity index (χ0n) is 21.1. The van der Waals surface area contributed by atoms with Gasteiger partial charge >= 0.3 is 0 Å². The van der Waals surface area contributed by atoms with Gasteiger partial charge in [-0.2, -0.15) is 5.26 Å². The summed E-state index contributed by atoms with van der Waals surface area (Å²) in [5, 5.41) is 12.5. The first-order valence-electron chi connectivity index (χ1n) is 12.2. The Hall–Kier alpha value is -4.20. The summed E-state index contributed by atoms with van der Waals surface area (Å²) < 4.78 is 26.9. The minimum Gasteiger partial charge on any atom is -0.495 e. The molecule has 202 valence electrons. The van der Waals surface area contributed by atoms with Gasteiger partial charge in [0.2, 0.25) is 5.91 Å². The van der Waals surface area contributed by atoms with Gasteiger partial charge in [0.15, 0.2) is 0 Å². The van der Waals surface area contributed by atoms with Crippen LogP contribution in [0.3, 0.4) is 0 Å². The Bertz CT molecular complexity index is 1510. The Labute approximate surface area is 228 Å². The molecule has 1 atom stereocenters. The molecule has 3 N–H and O–H groups in total.